The van der Waals surface area contributed by atoms with Gasteiger partial charge in [0.1, 0.15) is 11.6 Å². The number of rotatable bonds is 5. The van der Waals surface area contributed by atoms with E-state index in [9.17, 15) is 4.79 Å². The van der Waals surface area contributed by atoms with Gasteiger partial charge in [0, 0.05) is 23.6 Å². The zero-order chi connectivity index (χ0) is 15.2. The number of ether oxygens (including phenoxy) is 1. The van der Waals surface area contributed by atoms with Crippen molar-refractivity contribution in [3.63, 3.8) is 0 Å². The Morgan fingerprint density at radius 3 is 2.55 bits per heavy atom. The lowest BCUT2D eigenvalue weighted by molar-refractivity contribution is -0.118. The van der Waals surface area contributed by atoms with Crippen molar-refractivity contribution < 1.29 is 9.53 Å². The highest BCUT2D eigenvalue weighted by molar-refractivity contribution is 5.92. The Hall–Kier alpha value is -3.08. The van der Waals surface area contributed by atoms with Crippen LogP contribution in [-0.4, -0.2) is 22.5 Å². The lowest BCUT2D eigenvalue weighted by Crippen LogP contribution is -2.20. The number of H-pyrrole nitrogens is 1. The predicted molar refractivity (Wildman–Crippen MR) is 84.6 cm³/mol. The van der Waals surface area contributed by atoms with Crippen molar-refractivity contribution in [1.29, 1.82) is 0 Å². The minimum atomic E-state index is -0.199. The molecule has 0 aliphatic rings. The average Bonchev–Trinajstić information content (AvgIpc) is 3.09. The molecule has 2 aromatic carbocycles. The molecule has 110 valence electrons. The second-order valence-corrected chi connectivity index (χ2v) is 4.67. The van der Waals surface area contributed by atoms with E-state index in [-0.39, 0.29) is 12.5 Å². The standard InChI is InChI=1S/C17H15N3O2/c21-16(12-22-15-4-2-1-3-5-15)20-14-8-6-13(7-9-14)17-18-10-11-19-17/h1-11H,12H2,(H,18,19)(H,20,21). The van der Waals surface area contributed by atoms with Gasteiger partial charge in [0.2, 0.25) is 0 Å². The number of para-hydroxylation sites is 1. The topological polar surface area (TPSA) is 67.0 Å². The van der Waals surface area contributed by atoms with E-state index >= 15 is 0 Å². The smallest absolute Gasteiger partial charge is 0.262 e. The molecule has 0 aliphatic carbocycles. The van der Waals surface area contributed by atoms with E-state index < -0.39 is 0 Å². The van der Waals surface area contributed by atoms with Crippen molar-refractivity contribution in [3.05, 3.63) is 67.0 Å². The number of nitrogens with zero attached hydrogens (tertiary/aromatic N) is 1. The van der Waals surface area contributed by atoms with Crippen LogP contribution in [0.3, 0.4) is 0 Å². The van der Waals surface area contributed by atoms with E-state index in [4.69, 9.17) is 4.74 Å². The van der Waals surface area contributed by atoms with E-state index in [0.29, 0.717) is 5.75 Å². The summed E-state index contributed by atoms with van der Waals surface area (Å²) >= 11 is 0. The van der Waals surface area contributed by atoms with Gasteiger partial charge in [-0.1, -0.05) is 18.2 Å². The van der Waals surface area contributed by atoms with Crippen molar-refractivity contribution in [1.82, 2.24) is 9.97 Å². The SMILES string of the molecule is O=C(COc1ccccc1)Nc1ccc(-c2ncc[nH]2)cc1. The number of imidazole rings is 1. The predicted octanol–water partition coefficient (Wildman–Crippen LogP) is 3.09. The van der Waals surface area contributed by atoms with Gasteiger partial charge in [0.05, 0.1) is 0 Å². The number of hydrogen-bond donors (Lipinski definition) is 2. The summed E-state index contributed by atoms with van der Waals surface area (Å²) in [7, 11) is 0. The summed E-state index contributed by atoms with van der Waals surface area (Å²) in [5.41, 5.74) is 1.68. The fraction of sp³-hybridized carbons (Fsp3) is 0.0588. The Balaban J connectivity index is 1.55. The number of aromatic nitrogens is 2. The molecule has 0 aliphatic heterocycles. The molecule has 0 saturated heterocycles. The van der Waals surface area contributed by atoms with Crippen molar-refractivity contribution in [2.24, 2.45) is 0 Å². The van der Waals surface area contributed by atoms with E-state index in [1.807, 2.05) is 54.6 Å². The van der Waals surface area contributed by atoms with Gasteiger partial charge < -0.3 is 15.0 Å². The van der Waals surface area contributed by atoms with Gasteiger partial charge in [-0.2, -0.15) is 0 Å². The molecule has 22 heavy (non-hydrogen) atoms. The number of anilines is 1. The molecule has 0 atom stereocenters. The Bertz CT molecular complexity index is 722. The van der Waals surface area contributed by atoms with Crippen LogP contribution in [0.2, 0.25) is 0 Å². The number of amides is 1. The third-order valence-corrected chi connectivity index (χ3v) is 3.05. The number of aromatic amines is 1. The monoisotopic (exact) mass is 293 g/mol. The highest BCUT2D eigenvalue weighted by Gasteiger charge is 2.05. The summed E-state index contributed by atoms with van der Waals surface area (Å²) < 4.78 is 5.40. The van der Waals surface area contributed by atoms with E-state index in [0.717, 1.165) is 17.1 Å². The number of benzene rings is 2. The highest BCUT2D eigenvalue weighted by Crippen LogP contribution is 2.17. The van der Waals surface area contributed by atoms with E-state index in [2.05, 4.69) is 15.3 Å². The molecule has 0 unspecified atom stereocenters. The molecule has 0 fully saturated rings. The van der Waals surface area contributed by atoms with Crippen molar-refractivity contribution in [2.45, 2.75) is 0 Å². The van der Waals surface area contributed by atoms with Gasteiger partial charge >= 0.3 is 0 Å². The van der Waals surface area contributed by atoms with Crippen LogP contribution in [0.4, 0.5) is 5.69 Å². The maximum atomic E-state index is 11.8. The third kappa shape index (κ3) is 3.52. The van der Waals surface area contributed by atoms with Gasteiger partial charge in [-0.15, -0.1) is 0 Å². The number of hydrogen-bond acceptors (Lipinski definition) is 3. The van der Waals surface area contributed by atoms with Gasteiger partial charge in [-0.05, 0) is 36.4 Å². The van der Waals surface area contributed by atoms with Crippen molar-refractivity contribution in [2.75, 3.05) is 11.9 Å². The lowest BCUT2D eigenvalue weighted by atomic mass is 10.2. The van der Waals surface area contributed by atoms with Gasteiger partial charge in [0.25, 0.3) is 5.91 Å². The Kier molecular flexibility index (Phi) is 4.15. The molecule has 1 heterocycles. The molecule has 1 aromatic heterocycles. The van der Waals surface area contributed by atoms with Crippen LogP contribution >= 0.6 is 0 Å². The minimum Gasteiger partial charge on any atom is -0.484 e. The second-order valence-electron chi connectivity index (χ2n) is 4.67. The largest absolute Gasteiger partial charge is 0.484 e. The number of carbonyl (C=O) groups excluding carboxylic acids is 1. The molecule has 0 bridgehead atoms. The first-order valence-electron chi connectivity index (χ1n) is 6.89. The molecule has 5 heteroatoms. The fourth-order valence-electron chi connectivity index (χ4n) is 2.00. The number of carbonyl (C=O) groups is 1. The van der Waals surface area contributed by atoms with Crippen LogP contribution in [0.15, 0.2) is 67.0 Å². The summed E-state index contributed by atoms with van der Waals surface area (Å²) in [5.74, 6) is 1.27. The first-order valence-corrected chi connectivity index (χ1v) is 6.89. The highest BCUT2D eigenvalue weighted by atomic mass is 16.5. The molecule has 1 amide bonds. The molecule has 3 rings (SSSR count). The minimum absolute atomic E-state index is 0.0239. The molecule has 2 N–H and O–H groups in total. The fourth-order valence-corrected chi connectivity index (χ4v) is 2.00. The van der Waals surface area contributed by atoms with Crippen LogP contribution in [0.25, 0.3) is 11.4 Å². The molecular formula is C17H15N3O2. The van der Waals surface area contributed by atoms with Crippen LogP contribution in [0.5, 0.6) is 5.75 Å². The van der Waals surface area contributed by atoms with Crippen LogP contribution in [-0.2, 0) is 4.79 Å². The zero-order valence-electron chi connectivity index (χ0n) is 11.8. The molecule has 0 radical (unpaired) electrons. The number of nitrogens with one attached hydrogen (secondary N) is 2. The Labute approximate surface area is 128 Å². The van der Waals surface area contributed by atoms with Crippen molar-refractivity contribution >= 4 is 11.6 Å². The van der Waals surface area contributed by atoms with Crippen LogP contribution < -0.4 is 10.1 Å². The normalized spacial score (nSPS) is 10.2. The van der Waals surface area contributed by atoms with Gasteiger partial charge in [-0.25, -0.2) is 4.98 Å². The molecule has 0 spiro atoms. The first kappa shape index (κ1) is 13.9. The molecule has 3 aromatic rings. The summed E-state index contributed by atoms with van der Waals surface area (Å²) in [6.45, 7) is -0.0239. The summed E-state index contributed by atoms with van der Waals surface area (Å²) in [6.07, 6.45) is 3.47. The van der Waals surface area contributed by atoms with Crippen molar-refractivity contribution in [3.8, 4) is 17.1 Å². The molecule has 5 nitrogen and oxygen atoms in total. The van der Waals surface area contributed by atoms with Gasteiger partial charge in [0.15, 0.2) is 6.61 Å². The summed E-state index contributed by atoms with van der Waals surface area (Å²) in [4.78, 5) is 19.1. The van der Waals surface area contributed by atoms with Crippen LogP contribution in [0.1, 0.15) is 0 Å². The summed E-state index contributed by atoms with van der Waals surface area (Å²) in [5, 5.41) is 2.79. The zero-order valence-corrected chi connectivity index (χ0v) is 11.8. The maximum absolute atomic E-state index is 11.8. The maximum Gasteiger partial charge on any atom is 0.262 e. The quantitative estimate of drug-likeness (QED) is 0.759. The first-order chi connectivity index (χ1) is 10.8. The summed E-state index contributed by atoms with van der Waals surface area (Å²) in [6, 6.07) is 16.7. The third-order valence-electron chi connectivity index (χ3n) is 3.05. The van der Waals surface area contributed by atoms with E-state index in [1.54, 1.807) is 12.4 Å². The Morgan fingerprint density at radius 1 is 1.09 bits per heavy atom. The second kappa shape index (κ2) is 6.58. The Morgan fingerprint density at radius 2 is 1.86 bits per heavy atom. The average molecular weight is 293 g/mol. The van der Waals surface area contributed by atoms with Gasteiger partial charge in [-0.3, -0.25) is 4.79 Å². The van der Waals surface area contributed by atoms with E-state index in [1.165, 1.54) is 0 Å². The molecule has 0 saturated carbocycles. The molecular weight excluding hydrogens is 278 g/mol. The van der Waals surface area contributed by atoms with Crippen LogP contribution in [0, 0.1) is 0 Å². The lowest BCUT2D eigenvalue weighted by Gasteiger charge is -2.07.